The quantitative estimate of drug-likeness (QED) is 0.908. The first-order valence-electron chi connectivity index (χ1n) is 6.57. The minimum atomic E-state index is -0.518. The summed E-state index contributed by atoms with van der Waals surface area (Å²) in [5, 5.41) is 11.6. The molecule has 3 N–H and O–H groups in total. The predicted molar refractivity (Wildman–Crippen MR) is 76.2 cm³/mol. The van der Waals surface area contributed by atoms with Crippen LogP contribution in [0.25, 0.3) is 0 Å². The smallest absolute Gasteiger partial charge is 0.272 e. The predicted octanol–water partition coefficient (Wildman–Crippen LogP) is 2.67. The van der Waals surface area contributed by atoms with E-state index in [0.29, 0.717) is 17.4 Å². The van der Waals surface area contributed by atoms with E-state index >= 15 is 0 Å². The van der Waals surface area contributed by atoms with E-state index in [9.17, 15) is 9.18 Å². The van der Waals surface area contributed by atoms with E-state index in [1.54, 1.807) is 12.3 Å². The Kier molecular flexibility index (Phi) is 3.10. The summed E-state index contributed by atoms with van der Waals surface area (Å²) in [6, 6.07) is 7.44. The van der Waals surface area contributed by atoms with E-state index in [-0.39, 0.29) is 17.2 Å². The number of benzene rings is 1. The fourth-order valence-electron chi connectivity index (χ4n) is 2.24. The first-order valence-corrected chi connectivity index (χ1v) is 6.57. The fourth-order valence-corrected chi connectivity index (χ4v) is 2.24. The summed E-state index contributed by atoms with van der Waals surface area (Å²) in [6.45, 7) is 0. The molecule has 1 aromatic heterocycles. The van der Waals surface area contributed by atoms with Crippen LogP contribution in [-0.2, 0) is 0 Å². The van der Waals surface area contributed by atoms with Gasteiger partial charge in [-0.15, -0.1) is 0 Å². The molecule has 6 heteroatoms. The Morgan fingerprint density at radius 2 is 2.19 bits per heavy atom. The number of carbonyl (C=O) groups excluding carboxylic acids is 1. The first kappa shape index (κ1) is 13.2. The Balaban J connectivity index is 1.89. The van der Waals surface area contributed by atoms with Gasteiger partial charge in [-0.05, 0) is 37.1 Å². The maximum atomic E-state index is 13.1. The number of amides is 1. The Morgan fingerprint density at radius 1 is 1.43 bits per heavy atom. The molecular weight excluding hydrogens is 271 g/mol. The molecule has 1 amide bonds. The number of nitrogens with zero attached hydrogens (tertiary/aromatic N) is 2. The molecule has 2 aromatic rings. The monoisotopic (exact) mass is 284 g/mol. The van der Waals surface area contributed by atoms with Crippen molar-refractivity contribution in [2.24, 2.45) is 0 Å². The van der Waals surface area contributed by atoms with E-state index in [2.05, 4.69) is 5.32 Å². The van der Waals surface area contributed by atoms with Crippen LogP contribution in [-0.4, -0.2) is 10.5 Å². The van der Waals surface area contributed by atoms with Gasteiger partial charge >= 0.3 is 0 Å². The molecular formula is C15H13FN4O. The summed E-state index contributed by atoms with van der Waals surface area (Å²) in [4.78, 5) is 12.3. The molecule has 1 fully saturated rings. The number of hydrogen-bond acceptors (Lipinski definition) is 3. The van der Waals surface area contributed by atoms with Crippen LogP contribution < -0.4 is 11.1 Å². The lowest BCUT2D eigenvalue weighted by molar-refractivity contribution is 0.101. The van der Waals surface area contributed by atoms with E-state index in [1.807, 2.05) is 10.6 Å². The maximum Gasteiger partial charge on any atom is 0.272 e. The van der Waals surface area contributed by atoms with Crippen LogP contribution in [0.1, 0.15) is 34.9 Å². The molecule has 0 aliphatic heterocycles. The van der Waals surface area contributed by atoms with E-state index < -0.39 is 5.82 Å². The highest BCUT2D eigenvalue weighted by atomic mass is 19.1. The normalized spacial score (nSPS) is 13.7. The molecule has 21 heavy (non-hydrogen) atoms. The van der Waals surface area contributed by atoms with Crippen molar-refractivity contribution in [3.05, 3.63) is 47.5 Å². The number of carbonyl (C=O) groups is 1. The van der Waals surface area contributed by atoms with E-state index in [4.69, 9.17) is 11.0 Å². The molecule has 0 spiro atoms. The Labute approximate surface area is 120 Å². The van der Waals surface area contributed by atoms with Crippen molar-refractivity contribution < 1.29 is 9.18 Å². The summed E-state index contributed by atoms with van der Waals surface area (Å²) < 4.78 is 14.9. The standard InChI is InChI=1S/C15H13FN4O/c16-10-1-4-13(9(5-10)7-17)19-15(21)14-6-11(18)8-20(14)12-2-3-12/h1,4-6,8,12H,2-3,18H2,(H,19,21). The van der Waals surface area contributed by atoms with E-state index in [1.165, 1.54) is 12.1 Å². The molecule has 1 saturated carbocycles. The number of nitriles is 1. The topological polar surface area (TPSA) is 83.8 Å². The van der Waals surface area contributed by atoms with Gasteiger partial charge in [-0.1, -0.05) is 0 Å². The van der Waals surface area contributed by atoms with Crippen LogP contribution in [0, 0.1) is 17.1 Å². The van der Waals surface area contributed by atoms with E-state index in [0.717, 1.165) is 18.9 Å². The second-order valence-corrected chi connectivity index (χ2v) is 5.05. The zero-order chi connectivity index (χ0) is 15.0. The van der Waals surface area contributed by atoms with Gasteiger partial charge in [-0.3, -0.25) is 4.79 Å². The van der Waals surface area contributed by atoms with Gasteiger partial charge < -0.3 is 15.6 Å². The Hall–Kier alpha value is -2.81. The van der Waals surface area contributed by atoms with Crippen LogP contribution in [0.3, 0.4) is 0 Å². The molecule has 3 rings (SSSR count). The van der Waals surface area contributed by atoms with Gasteiger partial charge in [0.2, 0.25) is 0 Å². The first-order chi connectivity index (χ1) is 10.1. The summed E-state index contributed by atoms with van der Waals surface area (Å²) in [5.74, 6) is -0.878. The molecule has 1 aromatic carbocycles. The van der Waals surface area contributed by atoms with Crippen LogP contribution in [0.2, 0.25) is 0 Å². The number of nitrogen functional groups attached to an aromatic ring is 1. The average molecular weight is 284 g/mol. The van der Waals surface area contributed by atoms with Gasteiger partial charge in [-0.2, -0.15) is 5.26 Å². The summed E-state index contributed by atoms with van der Waals surface area (Å²) in [5.41, 5.74) is 7.08. The van der Waals surface area contributed by atoms with Crippen LogP contribution in [0.15, 0.2) is 30.5 Å². The molecule has 0 unspecified atom stereocenters. The maximum absolute atomic E-state index is 13.1. The van der Waals surface area contributed by atoms with Gasteiger partial charge in [0, 0.05) is 12.2 Å². The highest BCUT2D eigenvalue weighted by molar-refractivity contribution is 6.04. The van der Waals surface area contributed by atoms with Crippen molar-refractivity contribution in [3.63, 3.8) is 0 Å². The number of aromatic nitrogens is 1. The zero-order valence-corrected chi connectivity index (χ0v) is 11.1. The van der Waals surface area contributed by atoms with Crippen molar-refractivity contribution in [2.45, 2.75) is 18.9 Å². The second kappa shape index (κ2) is 4.94. The third-order valence-corrected chi connectivity index (χ3v) is 3.39. The molecule has 0 atom stereocenters. The summed E-state index contributed by atoms with van der Waals surface area (Å²) in [6.07, 6.45) is 3.78. The lowest BCUT2D eigenvalue weighted by Crippen LogP contribution is -2.17. The SMILES string of the molecule is N#Cc1cc(F)ccc1NC(=O)c1cc(N)cn1C1CC1. The molecule has 5 nitrogen and oxygen atoms in total. The van der Waals surface area contributed by atoms with Gasteiger partial charge in [-0.25, -0.2) is 4.39 Å². The van der Waals surface area contributed by atoms with Crippen LogP contribution in [0.5, 0.6) is 0 Å². The van der Waals surface area contributed by atoms with Crippen LogP contribution in [0.4, 0.5) is 15.8 Å². The molecule has 1 heterocycles. The van der Waals surface area contributed by atoms with Crippen molar-refractivity contribution in [1.82, 2.24) is 4.57 Å². The second-order valence-electron chi connectivity index (χ2n) is 5.05. The molecule has 1 aliphatic carbocycles. The molecule has 106 valence electrons. The lowest BCUT2D eigenvalue weighted by Gasteiger charge is -2.09. The fraction of sp³-hybridized carbons (Fsp3) is 0.200. The molecule has 0 bridgehead atoms. The molecule has 1 aliphatic rings. The largest absolute Gasteiger partial charge is 0.397 e. The third-order valence-electron chi connectivity index (χ3n) is 3.39. The van der Waals surface area contributed by atoms with Crippen molar-refractivity contribution in [1.29, 1.82) is 5.26 Å². The average Bonchev–Trinajstić information content (AvgIpc) is 3.23. The third kappa shape index (κ3) is 2.58. The number of nitrogens with two attached hydrogens (primary N) is 1. The molecule has 0 radical (unpaired) electrons. The number of halogens is 1. The number of anilines is 2. The lowest BCUT2D eigenvalue weighted by atomic mass is 10.2. The molecule has 0 saturated heterocycles. The van der Waals surface area contributed by atoms with Gasteiger partial charge in [0.25, 0.3) is 5.91 Å². The summed E-state index contributed by atoms with van der Waals surface area (Å²) in [7, 11) is 0. The van der Waals surface area contributed by atoms with Gasteiger partial charge in [0.1, 0.15) is 17.6 Å². The minimum Gasteiger partial charge on any atom is -0.397 e. The Bertz CT molecular complexity index is 756. The zero-order valence-electron chi connectivity index (χ0n) is 11.1. The minimum absolute atomic E-state index is 0.0841. The number of hydrogen-bond donors (Lipinski definition) is 2. The van der Waals surface area contributed by atoms with Gasteiger partial charge in [0.15, 0.2) is 0 Å². The van der Waals surface area contributed by atoms with Crippen molar-refractivity contribution in [2.75, 3.05) is 11.1 Å². The highest BCUT2D eigenvalue weighted by Gasteiger charge is 2.27. The number of nitrogens with one attached hydrogen (secondary N) is 1. The van der Waals surface area contributed by atoms with Crippen molar-refractivity contribution >= 4 is 17.3 Å². The van der Waals surface area contributed by atoms with Gasteiger partial charge in [0.05, 0.1) is 16.9 Å². The Morgan fingerprint density at radius 3 is 2.86 bits per heavy atom. The highest BCUT2D eigenvalue weighted by Crippen LogP contribution is 2.37. The van der Waals surface area contributed by atoms with Crippen molar-refractivity contribution in [3.8, 4) is 6.07 Å². The number of rotatable bonds is 3. The summed E-state index contributed by atoms with van der Waals surface area (Å²) >= 11 is 0. The van der Waals surface area contributed by atoms with Crippen LogP contribution >= 0.6 is 0 Å².